The molecule has 0 spiro atoms. The van der Waals surface area contributed by atoms with Gasteiger partial charge in [-0.2, -0.15) is 0 Å². The quantitative estimate of drug-likeness (QED) is 0.280. The van der Waals surface area contributed by atoms with E-state index in [9.17, 15) is 22.8 Å². The zero-order valence-electron chi connectivity index (χ0n) is 26.0. The van der Waals surface area contributed by atoms with Gasteiger partial charge in [-0.05, 0) is 75.8 Å². The Balaban J connectivity index is 2.27. The number of likely N-dealkylation sites (N-methyl/N-ethyl adjacent to an activating group) is 1. The van der Waals surface area contributed by atoms with Crippen LogP contribution in [-0.4, -0.2) is 73.7 Å². The van der Waals surface area contributed by atoms with Crippen LogP contribution in [0.1, 0.15) is 74.7 Å². The maximum atomic E-state index is 13.9. The number of likely N-dealkylation sites (tertiary alicyclic amines) is 1. The minimum absolute atomic E-state index is 0.0849. The van der Waals surface area contributed by atoms with Crippen molar-refractivity contribution in [3.05, 3.63) is 35.9 Å². The molecule has 2 rings (SSSR count). The molecule has 0 radical (unpaired) electrons. The van der Waals surface area contributed by atoms with Crippen molar-refractivity contribution in [3.8, 4) is 0 Å². The van der Waals surface area contributed by atoms with Crippen molar-refractivity contribution in [2.24, 2.45) is 11.3 Å². The summed E-state index contributed by atoms with van der Waals surface area (Å²) in [6, 6.07) is 4.12. The van der Waals surface area contributed by atoms with Crippen molar-refractivity contribution in [3.63, 3.8) is 0 Å². The zero-order chi connectivity index (χ0) is 31.3. The van der Waals surface area contributed by atoms with Crippen LogP contribution in [0.2, 0.25) is 0 Å². The largest absolute Gasteiger partial charge is 0.399 e. The third kappa shape index (κ3) is 9.03. The van der Waals surface area contributed by atoms with Crippen molar-refractivity contribution in [1.82, 2.24) is 19.8 Å². The fourth-order valence-corrected chi connectivity index (χ4v) is 6.10. The molecule has 3 amide bonds. The van der Waals surface area contributed by atoms with Crippen molar-refractivity contribution in [2.45, 2.75) is 104 Å². The summed E-state index contributed by atoms with van der Waals surface area (Å²) in [6.07, 6.45) is 4.35. The smallest absolute Gasteiger partial charge is 0.264 e. The average Bonchev–Trinajstić information content (AvgIpc) is 2.88. The minimum Gasteiger partial charge on any atom is -0.399 e. The highest BCUT2D eigenvalue weighted by molar-refractivity contribution is 7.90. The minimum atomic E-state index is -4.11. The van der Waals surface area contributed by atoms with Gasteiger partial charge in [0.1, 0.15) is 6.04 Å². The van der Waals surface area contributed by atoms with E-state index in [-0.39, 0.29) is 40.3 Å². The molecule has 0 saturated carbocycles. The van der Waals surface area contributed by atoms with Crippen molar-refractivity contribution in [1.29, 1.82) is 0 Å². The van der Waals surface area contributed by atoms with E-state index in [0.717, 1.165) is 25.8 Å². The lowest BCUT2D eigenvalue weighted by atomic mass is 9.84. The van der Waals surface area contributed by atoms with Gasteiger partial charge >= 0.3 is 0 Å². The summed E-state index contributed by atoms with van der Waals surface area (Å²) in [5.74, 6) is -1.33. The molecule has 1 heterocycles. The van der Waals surface area contributed by atoms with Crippen molar-refractivity contribution < 1.29 is 22.8 Å². The van der Waals surface area contributed by atoms with Crippen LogP contribution in [-0.2, 0) is 24.4 Å². The van der Waals surface area contributed by atoms with Crippen LogP contribution in [0.25, 0.3) is 0 Å². The van der Waals surface area contributed by atoms with Gasteiger partial charge in [0.25, 0.3) is 15.9 Å². The second kappa shape index (κ2) is 13.8. The summed E-state index contributed by atoms with van der Waals surface area (Å²) in [7, 11) is -2.47. The number of rotatable bonds is 10. The van der Waals surface area contributed by atoms with E-state index in [1.54, 1.807) is 13.1 Å². The standard InChI is InChI=1S/C30H49N5O5S/c1-19(2)25(18-21(5)27(36)33-41(39,40)23-15-13-22(31)14-16-23)34(9)29(38)26(30(6,7)8)32-28(37)24-12-10-11-17-35(24)20(3)4/h13-16,18-20,24-26H,10-12,17,31H2,1-9H3,(H,32,37)(H,33,36)/t24-,25-,26-/m1/s1. The van der Waals surface area contributed by atoms with E-state index in [2.05, 4.69) is 28.8 Å². The van der Waals surface area contributed by atoms with Crippen LogP contribution in [0.15, 0.2) is 40.8 Å². The van der Waals surface area contributed by atoms with Gasteiger partial charge in [-0.1, -0.05) is 47.1 Å². The fourth-order valence-electron chi connectivity index (χ4n) is 5.08. The molecule has 0 aliphatic carbocycles. The Labute approximate surface area is 246 Å². The lowest BCUT2D eigenvalue weighted by Gasteiger charge is -2.41. The van der Waals surface area contributed by atoms with Gasteiger partial charge in [0, 0.05) is 24.4 Å². The normalized spacial score (nSPS) is 18.6. The molecule has 0 bridgehead atoms. The van der Waals surface area contributed by atoms with Crippen LogP contribution in [0, 0.1) is 11.3 Å². The van der Waals surface area contributed by atoms with Crippen LogP contribution in [0.3, 0.4) is 0 Å². The summed E-state index contributed by atoms with van der Waals surface area (Å²) in [4.78, 5) is 43.9. The molecule has 10 nitrogen and oxygen atoms in total. The van der Waals surface area contributed by atoms with E-state index >= 15 is 0 Å². The number of sulfonamides is 1. The number of benzene rings is 1. The maximum absolute atomic E-state index is 13.9. The second-order valence-corrected chi connectivity index (χ2v) is 14.4. The predicted octanol–water partition coefficient (Wildman–Crippen LogP) is 3.30. The molecular formula is C30H49N5O5S. The van der Waals surface area contributed by atoms with E-state index in [1.165, 1.54) is 36.1 Å². The number of hydrogen-bond acceptors (Lipinski definition) is 7. The molecule has 1 aromatic rings. The van der Waals surface area contributed by atoms with E-state index in [4.69, 9.17) is 5.73 Å². The third-order valence-electron chi connectivity index (χ3n) is 7.58. The molecule has 0 unspecified atom stereocenters. The van der Waals surface area contributed by atoms with Gasteiger partial charge in [0.05, 0.1) is 17.0 Å². The zero-order valence-corrected chi connectivity index (χ0v) is 26.8. The van der Waals surface area contributed by atoms with E-state index in [1.807, 2.05) is 34.6 Å². The molecule has 4 N–H and O–H groups in total. The van der Waals surface area contributed by atoms with Gasteiger partial charge in [-0.3, -0.25) is 19.3 Å². The predicted molar refractivity (Wildman–Crippen MR) is 162 cm³/mol. The maximum Gasteiger partial charge on any atom is 0.264 e. The summed E-state index contributed by atoms with van der Waals surface area (Å²) in [6.45, 7) is 16.1. The Bertz CT molecular complexity index is 1220. The summed E-state index contributed by atoms with van der Waals surface area (Å²) in [5, 5.41) is 3.06. The number of hydrogen-bond donors (Lipinski definition) is 3. The first kappa shape index (κ1) is 34.3. The molecule has 230 valence electrons. The van der Waals surface area contributed by atoms with Gasteiger partial charge in [0.15, 0.2) is 0 Å². The number of carbonyl (C=O) groups excluding carboxylic acids is 3. The molecule has 1 aromatic carbocycles. The fraction of sp³-hybridized carbons (Fsp3) is 0.633. The SMILES string of the molecule is CC(=C[C@H](C(C)C)N(C)C(=O)[C@@H](NC(=O)[C@H]1CCCCN1C(C)C)C(C)(C)C)C(=O)NS(=O)(=O)c1ccc(N)cc1. The number of piperidine rings is 1. The van der Waals surface area contributed by atoms with Crippen LogP contribution in [0.5, 0.6) is 0 Å². The van der Waals surface area contributed by atoms with Crippen LogP contribution < -0.4 is 15.8 Å². The molecule has 1 fully saturated rings. The van der Waals surface area contributed by atoms with Gasteiger partial charge in [-0.15, -0.1) is 0 Å². The number of nitrogens with two attached hydrogens (primary N) is 1. The molecule has 11 heteroatoms. The highest BCUT2D eigenvalue weighted by Crippen LogP contribution is 2.26. The summed E-state index contributed by atoms with van der Waals surface area (Å²) >= 11 is 0. The lowest BCUT2D eigenvalue weighted by molar-refractivity contribution is -0.142. The summed E-state index contributed by atoms with van der Waals surface area (Å²) < 4.78 is 27.5. The van der Waals surface area contributed by atoms with Crippen LogP contribution in [0.4, 0.5) is 5.69 Å². The number of nitrogen functional groups attached to an aromatic ring is 1. The molecule has 1 aliphatic heterocycles. The third-order valence-corrected chi connectivity index (χ3v) is 8.93. The number of nitrogens with zero attached hydrogens (tertiary/aromatic N) is 2. The van der Waals surface area contributed by atoms with Crippen LogP contribution >= 0.6 is 0 Å². The summed E-state index contributed by atoms with van der Waals surface area (Å²) in [5.41, 5.74) is 5.61. The Morgan fingerprint density at radius 3 is 2.17 bits per heavy atom. The number of carbonyl (C=O) groups is 3. The molecule has 1 aliphatic rings. The lowest BCUT2D eigenvalue weighted by Crippen LogP contribution is -2.60. The van der Waals surface area contributed by atoms with Crippen molar-refractivity contribution >= 4 is 33.4 Å². The Hall–Kier alpha value is -2.92. The molecule has 0 aromatic heterocycles. The second-order valence-electron chi connectivity index (χ2n) is 12.7. The van der Waals surface area contributed by atoms with E-state index in [0.29, 0.717) is 5.69 Å². The van der Waals surface area contributed by atoms with E-state index < -0.39 is 33.4 Å². The van der Waals surface area contributed by atoms with Gasteiger partial charge in [-0.25, -0.2) is 13.1 Å². The molecular weight excluding hydrogens is 542 g/mol. The first-order chi connectivity index (χ1) is 18.9. The van der Waals surface area contributed by atoms with Crippen molar-refractivity contribution in [2.75, 3.05) is 19.3 Å². The highest BCUT2D eigenvalue weighted by atomic mass is 32.2. The number of nitrogens with one attached hydrogen (secondary N) is 2. The highest BCUT2D eigenvalue weighted by Gasteiger charge is 2.40. The monoisotopic (exact) mass is 591 g/mol. The Morgan fingerprint density at radius 1 is 1.07 bits per heavy atom. The molecule has 3 atom stereocenters. The first-order valence-corrected chi connectivity index (χ1v) is 15.8. The Kier molecular flexibility index (Phi) is 11.6. The number of amides is 3. The topological polar surface area (TPSA) is 142 Å². The van der Waals surface area contributed by atoms with Gasteiger partial charge < -0.3 is 16.0 Å². The Morgan fingerprint density at radius 2 is 1.66 bits per heavy atom. The average molecular weight is 592 g/mol. The molecule has 1 saturated heterocycles. The van der Waals surface area contributed by atoms with Gasteiger partial charge in [0.2, 0.25) is 11.8 Å². The molecule has 41 heavy (non-hydrogen) atoms. The first-order valence-electron chi connectivity index (χ1n) is 14.3. The number of anilines is 1.